The molecular formula is C14H22N2O. The van der Waals surface area contributed by atoms with E-state index in [1.165, 1.54) is 16.7 Å². The third-order valence-corrected chi connectivity index (χ3v) is 2.99. The van der Waals surface area contributed by atoms with Crippen LogP contribution >= 0.6 is 0 Å². The molecule has 0 aromatic heterocycles. The fraction of sp³-hybridized carbons (Fsp3) is 0.500. The van der Waals surface area contributed by atoms with Crippen molar-refractivity contribution < 1.29 is 4.79 Å². The van der Waals surface area contributed by atoms with Crippen molar-refractivity contribution in [1.82, 2.24) is 5.32 Å². The van der Waals surface area contributed by atoms with Gasteiger partial charge in [-0.05, 0) is 31.4 Å². The second-order valence-corrected chi connectivity index (χ2v) is 4.61. The number of carbonyl (C=O) groups excluding carboxylic acids is 1. The quantitative estimate of drug-likeness (QED) is 0.812. The smallest absolute Gasteiger partial charge is 0.224 e. The van der Waals surface area contributed by atoms with Gasteiger partial charge in [0.15, 0.2) is 0 Å². The number of nitrogens with one attached hydrogen (secondary N) is 1. The Morgan fingerprint density at radius 1 is 1.41 bits per heavy atom. The lowest BCUT2D eigenvalue weighted by atomic mass is 10.0. The summed E-state index contributed by atoms with van der Waals surface area (Å²) in [6.45, 7) is 7.10. The summed E-state index contributed by atoms with van der Waals surface area (Å²) < 4.78 is 0. The molecule has 0 bridgehead atoms. The van der Waals surface area contributed by atoms with Crippen molar-refractivity contribution in [3.63, 3.8) is 0 Å². The highest BCUT2D eigenvalue weighted by atomic mass is 16.1. The Bertz CT molecular complexity index is 388. The molecule has 94 valence electrons. The Morgan fingerprint density at radius 2 is 2.12 bits per heavy atom. The highest BCUT2D eigenvalue weighted by Gasteiger charge is 2.09. The largest absolute Gasteiger partial charge is 0.355 e. The van der Waals surface area contributed by atoms with E-state index in [1.807, 2.05) is 6.92 Å². The van der Waals surface area contributed by atoms with Crippen molar-refractivity contribution in [2.45, 2.75) is 27.2 Å². The van der Waals surface area contributed by atoms with Crippen LogP contribution in [0.15, 0.2) is 18.2 Å². The third kappa shape index (κ3) is 4.19. The molecule has 3 heteroatoms. The number of hydrogen-bond acceptors (Lipinski definition) is 2. The molecule has 0 spiro atoms. The minimum Gasteiger partial charge on any atom is -0.355 e. The van der Waals surface area contributed by atoms with E-state index in [4.69, 9.17) is 5.73 Å². The molecule has 3 nitrogen and oxygen atoms in total. The lowest BCUT2D eigenvalue weighted by Crippen LogP contribution is -2.34. The maximum Gasteiger partial charge on any atom is 0.224 e. The summed E-state index contributed by atoms with van der Waals surface area (Å²) in [7, 11) is 0. The molecule has 0 saturated heterocycles. The maximum atomic E-state index is 11.5. The summed E-state index contributed by atoms with van der Waals surface area (Å²) >= 11 is 0. The van der Waals surface area contributed by atoms with E-state index in [0.29, 0.717) is 13.1 Å². The number of nitrogens with two attached hydrogens (primary N) is 1. The first-order valence-electron chi connectivity index (χ1n) is 6.08. The minimum absolute atomic E-state index is 0.0391. The molecule has 1 aromatic rings. The molecule has 1 amide bonds. The first-order chi connectivity index (χ1) is 8.04. The zero-order chi connectivity index (χ0) is 12.8. The highest BCUT2D eigenvalue weighted by Crippen LogP contribution is 2.10. The Balaban J connectivity index is 2.43. The maximum absolute atomic E-state index is 11.5. The van der Waals surface area contributed by atoms with Gasteiger partial charge in [0, 0.05) is 19.0 Å². The molecule has 1 atom stereocenters. The minimum atomic E-state index is -0.103. The first-order valence-corrected chi connectivity index (χ1v) is 6.08. The van der Waals surface area contributed by atoms with Crippen molar-refractivity contribution in [2.24, 2.45) is 11.7 Å². The van der Waals surface area contributed by atoms with Gasteiger partial charge in [-0.3, -0.25) is 4.79 Å². The predicted octanol–water partition coefficient (Wildman–Crippen LogP) is 1.56. The topological polar surface area (TPSA) is 55.1 Å². The van der Waals surface area contributed by atoms with Crippen LogP contribution in [0.2, 0.25) is 0 Å². The molecule has 1 rings (SSSR count). The summed E-state index contributed by atoms with van der Waals surface area (Å²) in [6, 6.07) is 6.40. The van der Waals surface area contributed by atoms with Gasteiger partial charge in [-0.25, -0.2) is 0 Å². The summed E-state index contributed by atoms with van der Waals surface area (Å²) in [5.74, 6) is -0.0635. The van der Waals surface area contributed by atoms with E-state index in [9.17, 15) is 4.79 Å². The van der Waals surface area contributed by atoms with Crippen LogP contribution in [0.1, 0.15) is 23.6 Å². The van der Waals surface area contributed by atoms with Crippen molar-refractivity contribution in [2.75, 3.05) is 13.1 Å². The third-order valence-electron chi connectivity index (χ3n) is 2.99. The lowest BCUT2D eigenvalue weighted by Gasteiger charge is -2.11. The number of aryl methyl sites for hydroxylation is 2. The van der Waals surface area contributed by atoms with E-state index in [1.54, 1.807) is 0 Å². The van der Waals surface area contributed by atoms with Crippen LogP contribution in [0.4, 0.5) is 0 Å². The van der Waals surface area contributed by atoms with Crippen molar-refractivity contribution in [3.05, 3.63) is 34.9 Å². The van der Waals surface area contributed by atoms with Crippen molar-refractivity contribution in [1.29, 1.82) is 0 Å². The molecule has 0 fully saturated rings. The van der Waals surface area contributed by atoms with Gasteiger partial charge in [0.2, 0.25) is 5.91 Å². The molecule has 0 aliphatic heterocycles. The van der Waals surface area contributed by atoms with Crippen LogP contribution < -0.4 is 11.1 Å². The second-order valence-electron chi connectivity index (χ2n) is 4.61. The standard InChI is InChI=1S/C14H22N2O/c1-10-4-5-13(11(2)8-10)6-7-16-14(17)12(3)9-15/h4-5,8,12H,6-7,9,15H2,1-3H3,(H,16,17). The second kappa shape index (κ2) is 6.40. The van der Waals surface area contributed by atoms with Crippen LogP contribution in [0.25, 0.3) is 0 Å². The highest BCUT2D eigenvalue weighted by molar-refractivity contribution is 5.78. The molecule has 1 aromatic carbocycles. The van der Waals surface area contributed by atoms with E-state index >= 15 is 0 Å². The molecule has 0 heterocycles. The average molecular weight is 234 g/mol. The van der Waals surface area contributed by atoms with Gasteiger partial charge in [0.1, 0.15) is 0 Å². The Hall–Kier alpha value is -1.35. The lowest BCUT2D eigenvalue weighted by molar-refractivity contribution is -0.124. The predicted molar refractivity (Wildman–Crippen MR) is 70.8 cm³/mol. The zero-order valence-corrected chi connectivity index (χ0v) is 10.9. The number of rotatable bonds is 5. The Morgan fingerprint density at radius 3 is 2.71 bits per heavy atom. The molecule has 17 heavy (non-hydrogen) atoms. The SMILES string of the molecule is Cc1ccc(CCNC(=O)C(C)CN)c(C)c1. The molecule has 1 unspecified atom stereocenters. The van der Waals surface area contributed by atoms with Crippen LogP contribution in [0.5, 0.6) is 0 Å². The number of amides is 1. The van der Waals surface area contributed by atoms with Crippen LogP contribution in [-0.4, -0.2) is 19.0 Å². The van der Waals surface area contributed by atoms with Gasteiger partial charge in [0.25, 0.3) is 0 Å². The molecule has 0 aliphatic rings. The van der Waals surface area contributed by atoms with Gasteiger partial charge in [0.05, 0.1) is 0 Å². The fourth-order valence-corrected chi connectivity index (χ4v) is 1.73. The van der Waals surface area contributed by atoms with Gasteiger partial charge in [-0.2, -0.15) is 0 Å². The monoisotopic (exact) mass is 234 g/mol. The molecule has 0 radical (unpaired) electrons. The normalized spacial score (nSPS) is 12.2. The summed E-state index contributed by atoms with van der Waals surface area (Å²) in [6.07, 6.45) is 0.870. The van der Waals surface area contributed by atoms with E-state index in [0.717, 1.165) is 6.42 Å². The summed E-state index contributed by atoms with van der Waals surface area (Å²) in [5, 5.41) is 2.90. The summed E-state index contributed by atoms with van der Waals surface area (Å²) in [4.78, 5) is 11.5. The molecule has 0 aliphatic carbocycles. The van der Waals surface area contributed by atoms with E-state index < -0.39 is 0 Å². The fourth-order valence-electron chi connectivity index (χ4n) is 1.73. The molecule has 0 saturated carbocycles. The zero-order valence-electron chi connectivity index (χ0n) is 10.9. The van der Waals surface area contributed by atoms with Crippen LogP contribution in [0.3, 0.4) is 0 Å². The molecular weight excluding hydrogens is 212 g/mol. The van der Waals surface area contributed by atoms with Gasteiger partial charge in [-0.1, -0.05) is 30.7 Å². The number of benzene rings is 1. The van der Waals surface area contributed by atoms with Crippen molar-refractivity contribution >= 4 is 5.91 Å². The van der Waals surface area contributed by atoms with Gasteiger partial charge >= 0.3 is 0 Å². The summed E-state index contributed by atoms with van der Waals surface area (Å²) in [5.41, 5.74) is 9.28. The van der Waals surface area contributed by atoms with E-state index in [2.05, 4.69) is 37.4 Å². The average Bonchev–Trinajstić information content (AvgIpc) is 2.30. The Labute approximate surface area is 103 Å². The number of hydrogen-bond donors (Lipinski definition) is 2. The first kappa shape index (κ1) is 13.7. The molecule has 3 N–H and O–H groups in total. The van der Waals surface area contributed by atoms with Crippen LogP contribution in [-0.2, 0) is 11.2 Å². The number of carbonyl (C=O) groups is 1. The Kier molecular flexibility index (Phi) is 5.16. The van der Waals surface area contributed by atoms with Gasteiger partial charge < -0.3 is 11.1 Å². The van der Waals surface area contributed by atoms with Crippen molar-refractivity contribution in [3.8, 4) is 0 Å². The van der Waals surface area contributed by atoms with Crippen LogP contribution in [0, 0.1) is 19.8 Å². The van der Waals surface area contributed by atoms with Gasteiger partial charge in [-0.15, -0.1) is 0 Å². The van der Waals surface area contributed by atoms with E-state index in [-0.39, 0.29) is 11.8 Å².